The summed E-state index contributed by atoms with van der Waals surface area (Å²) < 4.78 is 10.7. The fourth-order valence-corrected chi connectivity index (χ4v) is 1.99. The van der Waals surface area contributed by atoms with E-state index < -0.39 is 0 Å². The second kappa shape index (κ2) is 5.32. The number of hydrogen-bond acceptors (Lipinski definition) is 3. The Hall–Kier alpha value is -1.35. The number of benzene rings is 1. The second-order valence-corrected chi connectivity index (χ2v) is 4.48. The van der Waals surface area contributed by atoms with Crippen molar-refractivity contribution >= 4 is 5.97 Å². The van der Waals surface area contributed by atoms with Gasteiger partial charge in [-0.2, -0.15) is 0 Å². The molecule has 0 bridgehead atoms. The average Bonchev–Trinajstić information content (AvgIpc) is 2.82. The molecule has 0 N–H and O–H groups in total. The number of carbonyl (C=O) groups excluding carboxylic acids is 1. The molecule has 2 rings (SSSR count). The molecule has 1 saturated heterocycles. The number of ether oxygens (including phenoxy) is 2. The van der Waals surface area contributed by atoms with Gasteiger partial charge in [-0.15, -0.1) is 0 Å². The fourth-order valence-electron chi connectivity index (χ4n) is 1.99. The van der Waals surface area contributed by atoms with Crippen LogP contribution in [-0.4, -0.2) is 25.3 Å². The van der Waals surface area contributed by atoms with E-state index in [1.165, 1.54) is 0 Å². The molecule has 3 nitrogen and oxygen atoms in total. The van der Waals surface area contributed by atoms with Crippen LogP contribution < -0.4 is 0 Å². The Balaban J connectivity index is 1.97. The molecule has 0 saturated carbocycles. The van der Waals surface area contributed by atoms with Crippen LogP contribution in [0.1, 0.15) is 34.3 Å². The first-order chi connectivity index (χ1) is 8.18. The minimum atomic E-state index is -0.248. The molecule has 1 heterocycles. The highest BCUT2D eigenvalue weighted by molar-refractivity contribution is 5.91. The molecule has 1 aromatic rings. The van der Waals surface area contributed by atoms with Crippen LogP contribution in [0.2, 0.25) is 0 Å². The van der Waals surface area contributed by atoms with E-state index >= 15 is 0 Å². The average molecular weight is 234 g/mol. The lowest BCUT2D eigenvalue weighted by molar-refractivity contribution is 0.0160. The minimum Gasteiger partial charge on any atom is -0.459 e. The van der Waals surface area contributed by atoms with Gasteiger partial charge in [-0.05, 0) is 43.9 Å². The smallest absolute Gasteiger partial charge is 0.338 e. The quantitative estimate of drug-likeness (QED) is 0.754. The lowest BCUT2D eigenvalue weighted by Crippen LogP contribution is -2.18. The molecule has 0 radical (unpaired) electrons. The Morgan fingerprint density at radius 2 is 2.29 bits per heavy atom. The van der Waals surface area contributed by atoms with E-state index in [-0.39, 0.29) is 12.1 Å². The fraction of sp³-hybridized carbons (Fsp3) is 0.500. The summed E-state index contributed by atoms with van der Waals surface area (Å²) in [7, 11) is 0. The van der Waals surface area contributed by atoms with Crippen molar-refractivity contribution in [1.29, 1.82) is 0 Å². The molecule has 1 unspecified atom stereocenters. The monoisotopic (exact) mass is 234 g/mol. The molecule has 0 amide bonds. The van der Waals surface area contributed by atoms with Crippen LogP contribution in [0.4, 0.5) is 0 Å². The van der Waals surface area contributed by atoms with Crippen molar-refractivity contribution in [3.8, 4) is 0 Å². The number of rotatable bonds is 3. The van der Waals surface area contributed by atoms with E-state index in [4.69, 9.17) is 9.47 Å². The summed E-state index contributed by atoms with van der Waals surface area (Å²) in [5, 5.41) is 0. The third kappa shape index (κ3) is 2.86. The van der Waals surface area contributed by atoms with Crippen LogP contribution in [-0.2, 0) is 9.47 Å². The Bertz CT molecular complexity index is 406. The summed E-state index contributed by atoms with van der Waals surface area (Å²) in [6, 6.07) is 5.68. The Labute approximate surface area is 102 Å². The van der Waals surface area contributed by atoms with Gasteiger partial charge in [-0.25, -0.2) is 4.79 Å². The third-order valence-electron chi connectivity index (χ3n) is 3.25. The lowest BCUT2D eigenvalue weighted by atomic mass is 10.0. The molecule has 1 aliphatic heterocycles. The predicted molar refractivity (Wildman–Crippen MR) is 65.2 cm³/mol. The van der Waals surface area contributed by atoms with Crippen molar-refractivity contribution in [2.75, 3.05) is 13.2 Å². The second-order valence-electron chi connectivity index (χ2n) is 4.48. The Kier molecular flexibility index (Phi) is 3.79. The van der Waals surface area contributed by atoms with Gasteiger partial charge in [-0.3, -0.25) is 0 Å². The SMILES string of the molecule is Cc1cccc(C(=O)OCC2CCCO2)c1C. The molecule has 92 valence electrons. The van der Waals surface area contributed by atoms with E-state index in [9.17, 15) is 4.79 Å². The summed E-state index contributed by atoms with van der Waals surface area (Å²) in [6.45, 7) is 5.09. The molecular weight excluding hydrogens is 216 g/mol. The lowest BCUT2D eigenvalue weighted by Gasteiger charge is -2.12. The van der Waals surface area contributed by atoms with Crippen LogP contribution in [0.5, 0.6) is 0 Å². The van der Waals surface area contributed by atoms with Gasteiger partial charge in [0.2, 0.25) is 0 Å². The molecule has 0 aromatic heterocycles. The van der Waals surface area contributed by atoms with Crippen LogP contribution >= 0.6 is 0 Å². The molecule has 3 heteroatoms. The third-order valence-corrected chi connectivity index (χ3v) is 3.25. The maximum absolute atomic E-state index is 11.9. The summed E-state index contributed by atoms with van der Waals surface area (Å²) in [6.07, 6.45) is 2.13. The molecule has 1 atom stereocenters. The zero-order valence-electron chi connectivity index (χ0n) is 10.4. The van der Waals surface area contributed by atoms with Crippen LogP contribution in [0, 0.1) is 13.8 Å². The van der Waals surface area contributed by atoms with Gasteiger partial charge in [0.15, 0.2) is 0 Å². The summed E-state index contributed by atoms with van der Waals surface area (Å²) in [5.74, 6) is -0.248. The molecule has 17 heavy (non-hydrogen) atoms. The van der Waals surface area contributed by atoms with Crippen molar-refractivity contribution in [2.24, 2.45) is 0 Å². The first-order valence-corrected chi connectivity index (χ1v) is 6.03. The van der Waals surface area contributed by atoms with Gasteiger partial charge in [0, 0.05) is 6.61 Å². The number of hydrogen-bond donors (Lipinski definition) is 0. The van der Waals surface area contributed by atoms with E-state index in [1.54, 1.807) is 6.07 Å². The normalized spacial score (nSPS) is 19.3. The van der Waals surface area contributed by atoms with Gasteiger partial charge >= 0.3 is 5.97 Å². The zero-order valence-corrected chi connectivity index (χ0v) is 10.4. The van der Waals surface area contributed by atoms with Gasteiger partial charge in [0.25, 0.3) is 0 Å². The van der Waals surface area contributed by atoms with E-state index in [1.807, 2.05) is 26.0 Å². The van der Waals surface area contributed by atoms with Crippen LogP contribution in [0.3, 0.4) is 0 Å². The molecular formula is C14H18O3. The maximum Gasteiger partial charge on any atom is 0.338 e. The van der Waals surface area contributed by atoms with Gasteiger partial charge in [0.1, 0.15) is 6.61 Å². The van der Waals surface area contributed by atoms with Crippen molar-refractivity contribution in [2.45, 2.75) is 32.8 Å². The number of aryl methyl sites for hydroxylation is 1. The van der Waals surface area contributed by atoms with Crippen molar-refractivity contribution in [1.82, 2.24) is 0 Å². The minimum absolute atomic E-state index is 0.0871. The molecule has 0 aliphatic carbocycles. The summed E-state index contributed by atoms with van der Waals surface area (Å²) in [4.78, 5) is 11.9. The topological polar surface area (TPSA) is 35.5 Å². The molecule has 0 spiro atoms. The van der Waals surface area contributed by atoms with Crippen molar-refractivity contribution < 1.29 is 14.3 Å². The number of carbonyl (C=O) groups is 1. The van der Waals surface area contributed by atoms with Gasteiger partial charge in [0.05, 0.1) is 11.7 Å². The van der Waals surface area contributed by atoms with Gasteiger partial charge in [-0.1, -0.05) is 12.1 Å². The largest absolute Gasteiger partial charge is 0.459 e. The van der Waals surface area contributed by atoms with Crippen molar-refractivity contribution in [3.05, 3.63) is 34.9 Å². The van der Waals surface area contributed by atoms with Gasteiger partial charge < -0.3 is 9.47 Å². The van der Waals surface area contributed by atoms with Crippen LogP contribution in [0.15, 0.2) is 18.2 Å². The Morgan fingerprint density at radius 1 is 1.47 bits per heavy atom. The highest BCUT2D eigenvalue weighted by Gasteiger charge is 2.18. The maximum atomic E-state index is 11.9. The zero-order chi connectivity index (χ0) is 12.3. The molecule has 1 aliphatic rings. The summed E-state index contributed by atoms with van der Waals surface area (Å²) in [5.41, 5.74) is 2.75. The van der Waals surface area contributed by atoms with E-state index in [0.717, 1.165) is 30.6 Å². The highest BCUT2D eigenvalue weighted by atomic mass is 16.6. The summed E-state index contributed by atoms with van der Waals surface area (Å²) >= 11 is 0. The number of esters is 1. The molecule has 1 aromatic carbocycles. The first kappa shape index (κ1) is 12.1. The molecule has 1 fully saturated rings. The van der Waals surface area contributed by atoms with E-state index in [2.05, 4.69) is 0 Å². The first-order valence-electron chi connectivity index (χ1n) is 6.03. The van der Waals surface area contributed by atoms with Crippen LogP contribution in [0.25, 0.3) is 0 Å². The highest BCUT2D eigenvalue weighted by Crippen LogP contribution is 2.16. The Morgan fingerprint density at radius 3 is 3.00 bits per heavy atom. The predicted octanol–water partition coefficient (Wildman–Crippen LogP) is 2.64. The standard InChI is InChI=1S/C14H18O3/c1-10-5-3-7-13(11(10)2)14(15)17-9-12-6-4-8-16-12/h3,5,7,12H,4,6,8-9H2,1-2H3. The van der Waals surface area contributed by atoms with E-state index in [0.29, 0.717) is 12.2 Å². The van der Waals surface area contributed by atoms with Crippen molar-refractivity contribution in [3.63, 3.8) is 0 Å².